The molecule has 1 aromatic heterocycles. The monoisotopic (exact) mass is 334 g/mol. The maximum absolute atomic E-state index is 14.0. The van der Waals surface area contributed by atoms with Crippen molar-refractivity contribution < 1.29 is 23.1 Å². The van der Waals surface area contributed by atoms with Gasteiger partial charge in [-0.1, -0.05) is 6.07 Å². The number of furan rings is 1. The van der Waals surface area contributed by atoms with Crippen molar-refractivity contribution in [2.24, 2.45) is 0 Å². The van der Waals surface area contributed by atoms with Gasteiger partial charge in [0, 0.05) is 0 Å². The first-order chi connectivity index (χ1) is 11.4. The highest BCUT2D eigenvalue weighted by Gasteiger charge is 2.19. The SMILES string of the molecule is COc1cccc(F)c1[C@@H](C)NC(=O)CNC(=O)c1ccoc1C. The van der Waals surface area contributed by atoms with Crippen molar-refractivity contribution in [3.8, 4) is 5.75 Å². The van der Waals surface area contributed by atoms with Gasteiger partial charge >= 0.3 is 0 Å². The Balaban J connectivity index is 1.95. The van der Waals surface area contributed by atoms with Crippen LogP contribution in [0.3, 0.4) is 0 Å². The van der Waals surface area contributed by atoms with E-state index in [1.165, 1.54) is 31.6 Å². The number of hydrogen-bond donors (Lipinski definition) is 2. The van der Waals surface area contributed by atoms with Crippen LogP contribution in [0.25, 0.3) is 0 Å². The fourth-order valence-electron chi connectivity index (χ4n) is 2.36. The lowest BCUT2D eigenvalue weighted by molar-refractivity contribution is -0.120. The van der Waals surface area contributed by atoms with Gasteiger partial charge in [-0.3, -0.25) is 9.59 Å². The number of rotatable bonds is 6. The molecule has 0 aliphatic carbocycles. The molecule has 0 aliphatic rings. The van der Waals surface area contributed by atoms with Crippen molar-refractivity contribution in [3.63, 3.8) is 0 Å². The normalized spacial score (nSPS) is 11.7. The van der Waals surface area contributed by atoms with Crippen molar-refractivity contribution in [2.75, 3.05) is 13.7 Å². The maximum atomic E-state index is 14.0. The highest BCUT2D eigenvalue weighted by atomic mass is 19.1. The molecule has 0 aliphatic heterocycles. The molecule has 0 spiro atoms. The van der Waals surface area contributed by atoms with E-state index in [2.05, 4.69) is 10.6 Å². The summed E-state index contributed by atoms with van der Waals surface area (Å²) in [5.74, 6) is -0.506. The molecule has 2 N–H and O–H groups in total. The summed E-state index contributed by atoms with van der Waals surface area (Å²) in [6.45, 7) is 3.06. The first kappa shape index (κ1) is 17.5. The third-order valence-electron chi connectivity index (χ3n) is 3.56. The molecule has 0 saturated heterocycles. The molecule has 2 rings (SSSR count). The summed E-state index contributed by atoms with van der Waals surface area (Å²) < 4.78 is 24.1. The molecule has 24 heavy (non-hydrogen) atoms. The number of aryl methyl sites for hydroxylation is 1. The summed E-state index contributed by atoms with van der Waals surface area (Å²) in [7, 11) is 1.43. The second kappa shape index (κ2) is 7.63. The van der Waals surface area contributed by atoms with Crippen LogP contribution in [0.4, 0.5) is 4.39 Å². The predicted molar refractivity (Wildman–Crippen MR) is 85.3 cm³/mol. The Kier molecular flexibility index (Phi) is 5.57. The quantitative estimate of drug-likeness (QED) is 0.850. The van der Waals surface area contributed by atoms with Crippen LogP contribution in [0.5, 0.6) is 5.75 Å². The van der Waals surface area contributed by atoms with Crippen molar-refractivity contribution in [1.82, 2.24) is 10.6 Å². The van der Waals surface area contributed by atoms with E-state index in [4.69, 9.17) is 9.15 Å². The second-order valence-electron chi connectivity index (χ2n) is 5.22. The Morgan fingerprint density at radius 3 is 2.71 bits per heavy atom. The molecule has 0 radical (unpaired) electrons. The fourth-order valence-corrected chi connectivity index (χ4v) is 2.36. The highest BCUT2D eigenvalue weighted by Crippen LogP contribution is 2.27. The topological polar surface area (TPSA) is 80.6 Å². The molecule has 1 aromatic carbocycles. The number of hydrogen-bond acceptors (Lipinski definition) is 4. The van der Waals surface area contributed by atoms with Crippen LogP contribution in [-0.4, -0.2) is 25.5 Å². The third kappa shape index (κ3) is 3.92. The zero-order chi connectivity index (χ0) is 17.7. The smallest absolute Gasteiger partial charge is 0.255 e. The van der Waals surface area contributed by atoms with Crippen molar-refractivity contribution in [1.29, 1.82) is 0 Å². The lowest BCUT2D eigenvalue weighted by Gasteiger charge is -2.18. The minimum Gasteiger partial charge on any atom is -0.496 e. The standard InChI is InChI=1S/C17H19FN2O4/c1-10(16-13(18)5-4-6-14(16)23-3)20-15(21)9-19-17(22)12-7-8-24-11(12)2/h4-8,10H,9H2,1-3H3,(H,19,22)(H,20,21)/t10-/m1/s1. The number of amides is 2. The first-order valence-corrected chi connectivity index (χ1v) is 7.38. The van der Waals surface area contributed by atoms with Crippen LogP contribution in [0.1, 0.15) is 34.6 Å². The Bertz CT molecular complexity index is 742. The molecule has 0 unspecified atom stereocenters. The minimum atomic E-state index is -0.610. The van der Waals surface area contributed by atoms with E-state index in [1.54, 1.807) is 19.9 Å². The van der Waals surface area contributed by atoms with Gasteiger partial charge in [-0.2, -0.15) is 0 Å². The van der Waals surface area contributed by atoms with Gasteiger partial charge in [0.25, 0.3) is 5.91 Å². The number of carbonyl (C=O) groups is 2. The average molecular weight is 334 g/mol. The zero-order valence-electron chi connectivity index (χ0n) is 13.7. The summed E-state index contributed by atoms with van der Waals surface area (Å²) in [6, 6.07) is 5.35. The van der Waals surface area contributed by atoms with Crippen LogP contribution in [0, 0.1) is 12.7 Å². The van der Waals surface area contributed by atoms with Gasteiger partial charge in [-0.25, -0.2) is 4.39 Å². The van der Waals surface area contributed by atoms with Gasteiger partial charge in [-0.15, -0.1) is 0 Å². The van der Waals surface area contributed by atoms with Crippen LogP contribution < -0.4 is 15.4 Å². The van der Waals surface area contributed by atoms with Gasteiger partial charge in [0.2, 0.25) is 5.91 Å². The minimum absolute atomic E-state index is 0.232. The van der Waals surface area contributed by atoms with Gasteiger partial charge in [0.15, 0.2) is 0 Å². The van der Waals surface area contributed by atoms with E-state index < -0.39 is 23.7 Å². The molecular formula is C17H19FN2O4. The average Bonchev–Trinajstić information content (AvgIpc) is 2.98. The van der Waals surface area contributed by atoms with E-state index >= 15 is 0 Å². The number of halogens is 1. The Labute approximate surface area is 139 Å². The van der Waals surface area contributed by atoms with Crippen molar-refractivity contribution in [3.05, 3.63) is 53.2 Å². The third-order valence-corrected chi connectivity index (χ3v) is 3.56. The molecule has 0 saturated carbocycles. The fraction of sp³-hybridized carbons (Fsp3) is 0.294. The van der Waals surface area contributed by atoms with E-state index in [-0.39, 0.29) is 12.1 Å². The molecule has 7 heteroatoms. The summed E-state index contributed by atoms with van der Waals surface area (Å²) >= 11 is 0. The van der Waals surface area contributed by atoms with E-state index in [0.717, 1.165) is 0 Å². The molecule has 1 heterocycles. The summed E-state index contributed by atoms with van der Waals surface area (Å²) in [6.07, 6.45) is 1.40. The number of benzene rings is 1. The van der Waals surface area contributed by atoms with Crippen LogP contribution in [-0.2, 0) is 4.79 Å². The van der Waals surface area contributed by atoms with E-state index in [9.17, 15) is 14.0 Å². The lowest BCUT2D eigenvalue weighted by atomic mass is 10.1. The number of nitrogens with one attached hydrogen (secondary N) is 2. The van der Waals surface area contributed by atoms with Gasteiger partial charge in [-0.05, 0) is 32.0 Å². The lowest BCUT2D eigenvalue weighted by Crippen LogP contribution is -2.38. The van der Waals surface area contributed by atoms with Crippen molar-refractivity contribution >= 4 is 11.8 Å². The van der Waals surface area contributed by atoms with Gasteiger partial charge in [0.1, 0.15) is 17.3 Å². The predicted octanol–water partition coefficient (Wildman–Crippen LogP) is 2.34. The molecule has 2 amide bonds. The first-order valence-electron chi connectivity index (χ1n) is 7.38. The van der Waals surface area contributed by atoms with Crippen LogP contribution in [0.15, 0.2) is 34.9 Å². The molecular weight excluding hydrogens is 315 g/mol. The Morgan fingerprint density at radius 2 is 2.08 bits per heavy atom. The Hall–Kier alpha value is -2.83. The number of carbonyl (C=O) groups excluding carboxylic acids is 2. The van der Waals surface area contributed by atoms with Crippen LogP contribution >= 0.6 is 0 Å². The molecule has 1 atom stereocenters. The van der Waals surface area contributed by atoms with E-state index in [1.807, 2.05) is 0 Å². The number of methoxy groups -OCH3 is 1. The summed E-state index contributed by atoms with van der Waals surface area (Å²) in [5, 5.41) is 5.12. The molecule has 0 bridgehead atoms. The maximum Gasteiger partial charge on any atom is 0.255 e. The Morgan fingerprint density at radius 1 is 1.33 bits per heavy atom. The second-order valence-corrected chi connectivity index (χ2v) is 5.22. The van der Waals surface area contributed by atoms with Gasteiger partial charge < -0.3 is 19.8 Å². The molecule has 2 aromatic rings. The van der Waals surface area contributed by atoms with Gasteiger partial charge in [0.05, 0.1) is 37.1 Å². The molecule has 6 nitrogen and oxygen atoms in total. The van der Waals surface area contributed by atoms with Crippen LogP contribution in [0.2, 0.25) is 0 Å². The molecule has 0 fully saturated rings. The highest BCUT2D eigenvalue weighted by molar-refractivity contribution is 5.97. The van der Waals surface area contributed by atoms with Crippen molar-refractivity contribution in [2.45, 2.75) is 19.9 Å². The summed E-state index contributed by atoms with van der Waals surface area (Å²) in [4.78, 5) is 23.9. The number of ether oxygens (including phenoxy) is 1. The zero-order valence-corrected chi connectivity index (χ0v) is 13.7. The largest absolute Gasteiger partial charge is 0.496 e. The molecule has 128 valence electrons. The van der Waals surface area contributed by atoms with E-state index in [0.29, 0.717) is 17.1 Å². The summed E-state index contributed by atoms with van der Waals surface area (Å²) in [5.41, 5.74) is 0.622.